The Bertz CT molecular complexity index is 772. The van der Waals surface area contributed by atoms with Gasteiger partial charge in [0.2, 0.25) is 0 Å². The quantitative estimate of drug-likeness (QED) is 0.372. The third-order valence-electron chi connectivity index (χ3n) is 3.34. The van der Waals surface area contributed by atoms with Crippen molar-refractivity contribution in [3.63, 3.8) is 0 Å². The van der Waals surface area contributed by atoms with Gasteiger partial charge in [-0.2, -0.15) is 0 Å². The second-order valence-corrected chi connectivity index (χ2v) is 6.39. The summed E-state index contributed by atoms with van der Waals surface area (Å²) in [6, 6.07) is 7.52. The van der Waals surface area contributed by atoms with Crippen molar-refractivity contribution >= 4 is 39.9 Å². The van der Waals surface area contributed by atoms with Crippen LogP contribution < -0.4 is 10.8 Å². The van der Waals surface area contributed by atoms with Gasteiger partial charge in [0.15, 0.2) is 11.6 Å². The van der Waals surface area contributed by atoms with Gasteiger partial charge in [-0.3, -0.25) is 9.63 Å². The van der Waals surface area contributed by atoms with Crippen LogP contribution in [-0.4, -0.2) is 26.2 Å². The lowest BCUT2D eigenvalue weighted by Gasteiger charge is -2.15. The highest BCUT2D eigenvalue weighted by atomic mass is 127. The fourth-order valence-corrected chi connectivity index (χ4v) is 2.71. The summed E-state index contributed by atoms with van der Waals surface area (Å²) in [7, 11) is 1.49. The molecular weight excluding hydrogens is 445 g/mol. The van der Waals surface area contributed by atoms with Gasteiger partial charge >= 0.3 is 0 Å². The molecule has 0 fully saturated rings. The molecule has 0 spiro atoms. The first-order chi connectivity index (χ1) is 11.9. The number of rotatable bonds is 7. The zero-order chi connectivity index (χ0) is 18.4. The van der Waals surface area contributed by atoms with Crippen LogP contribution in [0, 0.1) is 22.1 Å². The number of benzene rings is 2. The number of methoxy groups -OCH3 is 1. The minimum absolute atomic E-state index is 0.0748. The Morgan fingerprint density at radius 1 is 1.20 bits per heavy atom. The molecule has 2 aromatic carbocycles. The summed E-state index contributed by atoms with van der Waals surface area (Å²) in [5.74, 6) is -2.88. The summed E-state index contributed by atoms with van der Waals surface area (Å²) in [4.78, 5) is 17.1. The molecule has 0 aliphatic rings. The average Bonchev–Trinajstić information content (AvgIpc) is 2.58. The molecule has 0 atom stereocenters. The van der Waals surface area contributed by atoms with E-state index >= 15 is 0 Å². The Balaban J connectivity index is 2.29. The minimum atomic E-state index is -1.14. The highest BCUT2D eigenvalue weighted by Gasteiger charge is 2.19. The highest BCUT2D eigenvalue weighted by molar-refractivity contribution is 14.1. The smallest absolute Gasteiger partial charge is 0.277 e. The molecule has 2 N–H and O–H groups in total. The summed E-state index contributed by atoms with van der Waals surface area (Å²) >= 11 is 2.15. The van der Waals surface area contributed by atoms with Crippen molar-refractivity contribution in [2.75, 3.05) is 25.6 Å². The van der Waals surface area contributed by atoms with Crippen molar-refractivity contribution in [3.05, 3.63) is 56.7 Å². The normalized spacial score (nSPS) is 10.6. The SMILES string of the molecule is COCCONC(=O)c1ccc(F)c(F)c1Nc1ccc(I)cc1C. The number of hydroxylamine groups is 1. The Labute approximate surface area is 157 Å². The van der Waals surface area contributed by atoms with Crippen molar-refractivity contribution in [2.24, 2.45) is 0 Å². The molecule has 0 radical (unpaired) electrons. The number of hydrogen-bond acceptors (Lipinski definition) is 4. The molecule has 0 aromatic heterocycles. The number of anilines is 2. The first-order valence-electron chi connectivity index (χ1n) is 7.36. The molecule has 1 amide bonds. The van der Waals surface area contributed by atoms with Gasteiger partial charge in [0, 0.05) is 16.4 Å². The molecule has 0 aliphatic carbocycles. The number of aryl methyl sites for hydroxylation is 1. The first-order valence-corrected chi connectivity index (χ1v) is 8.44. The molecule has 134 valence electrons. The minimum Gasteiger partial charge on any atom is -0.382 e. The molecule has 2 rings (SSSR count). The zero-order valence-corrected chi connectivity index (χ0v) is 15.8. The van der Waals surface area contributed by atoms with Crippen LogP contribution in [0.15, 0.2) is 30.3 Å². The third kappa shape index (κ3) is 5.10. The molecule has 8 heteroatoms. The van der Waals surface area contributed by atoms with Crippen LogP contribution in [0.5, 0.6) is 0 Å². The topological polar surface area (TPSA) is 59.6 Å². The van der Waals surface area contributed by atoms with E-state index in [4.69, 9.17) is 9.57 Å². The van der Waals surface area contributed by atoms with E-state index in [1.165, 1.54) is 13.2 Å². The number of halogens is 3. The summed E-state index contributed by atoms with van der Waals surface area (Å²) in [5.41, 5.74) is 3.25. The fourth-order valence-electron chi connectivity index (χ4n) is 2.06. The molecule has 25 heavy (non-hydrogen) atoms. The Kier molecular flexibility index (Phi) is 7.09. The number of ether oxygens (including phenoxy) is 1. The van der Waals surface area contributed by atoms with Gasteiger partial charge in [-0.15, -0.1) is 0 Å². The number of hydrogen-bond donors (Lipinski definition) is 2. The van der Waals surface area contributed by atoms with Gasteiger partial charge in [0.05, 0.1) is 24.5 Å². The number of nitrogens with one attached hydrogen (secondary N) is 2. The maximum atomic E-state index is 14.3. The maximum Gasteiger partial charge on any atom is 0.277 e. The molecule has 5 nitrogen and oxygen atoms in total. The van der Waals surface area contributed by atoms with Crippen LogP contribution in [0.2, 0.25) is 0 Å². The van der Waals surface area contributed by atoms with E-state index < -0.39 is 17.5 Å². The number of amides is 1. The lowest BCUT2D eigenvalue weighted by Crippen LogP contribution is -2.26. The number of carbonyl (C=O) groups excluding carboxylic acids is 1. The molecular formula is C17H17F2IN2O3. The lowest BCUT2D eigenvalue weighted by atomic mass is 10.1. The summed E-state index contributed by atoms with van der Waals surface area (Å²) < 4.78 is 33.7. The molecule has 2 aromatic rings. The van der Waals surface area contributed by atoms with E-state index in [2.05, 4.69) is 33.4 Å². The van der Waals surface area contributed by atoms with Gasteiger partial charge in [-0.1, -0.05) is 0 Å². The van der Waals surface area contributed by atoms with E-state index in [1.807, 2.05) is 19.1 Å². The summed E-state index contributed by atoms with van der Waals surface area (Å²) in [6.45, 7) is 2.24. The van der Waals surface area contributed by atoms with E-state index in [0.717, 1.165) is 15.2 Å². The van der Waals surface area contributed by atoms with E-state index in [0.29, 0.717) is 5.69 Å². The average molecular weight is 462 g/mol. The molecule has 0 bridgehead atoms. The van der Waals surface area contributed by atoms with Crippen molar-refractivity contribution in [3.8, 4) is 0 Å². The van der Waals surface area contributed by atoms with Crippen LogP contribution in [0.3, 0.4) is 0 Å². The van der Waals surface area contributed by atoms with Crippen molar-refractivity contribution in [2.45, 2.75) is 6.92 Å². The van der Waals surface area contributed by atoms with E-state index in [-0.39, 0.29) is 24.5 Å². The fraction of sp³-hybridized carbons (Fsp3) is 0.235. The molecule has 0 heterocycles. The second kappa shape index (κ2) is 9.07. The number of carbonyl (C=O) groups is 1. The molecule has 0 aliphatic heterocycles. The largest absolute Gasteiger partial charge is 0.382 e. The van der Waals surface area contributed by atoms with Crippen LogP contribution in [0.25, 0.3) is 0 Å². The Hall–Kier alpha value is -1.78. The van der Waals surface area contributed by atoms with Crippen molar-refractivity contribution < 1.29 is 23.1 Å². The van der Waals surface area contributed by atoms with Gasteiger partial charge < -0.3 is 10.1 Å². The third-order valence-corrected chi connectivity index (χ3v) is 4.01. The van der Waals surface area contributed by atoms with Crippen molar-refractivity contribution in [1.82, 2.24) is 5.48 Å². The second-order valence-electron chi connectivity index (χ2n) is 5.14. The van der Waals surface area contributed by atoms with E-state index in [1.54, 1.807) is 6.07 Å². The standard InChI is InChI=1S/C17H17F2IN2O3/c1-10-9-11(20)3-6-14(10)21-16-12(4-5-13(18)15(16)19)17(23)22-25-8-7-24-2/h3-6,9,21H,7-8H2,1-2H3,(H,22,23). The van der Waals surface area contributed by atoms with Crippen LogP contribution in [-0.2, 0) is 9.57 Å². The van der Waals surface area contributed by atoms with Gasteiger partial charge in [0.1, 0.15) is 0 Å². The molecule has 0 saturated carbocycles. The highest BCUT2D eigenvalue weighted by Crippen LogP contribution is 2.28. The van der Waals surface area contributed by atoms with Crippen LogP contribution in [0.1, 0.15) is 15.9 Å². The zero-order valence-electron chi connectivity index (χ0n) is 13.7. The van der Waals surface area contributed by atoms with Crippen molar-refractivity contribution in [1.29, 1.82) is 0 Å². The molecule has 0 unspecified atom stereocenters. The Morgan fingerprint density at radius 3 is 2.64 bits per heavy atom. The molecule has 0 saturated heterocycles. The van der Waals surface area contributed by atoms with Gasteiger partial charge in [0.25, 0.3) is 5.91 Å². The van der Waals surface area contributed by atoms with E-state index in [9.17, 15) is 13.6 Å². The summed E-state index contributed by atoms with van der Waals surface area (Å²) in [5, 5.41) is 2.80. The Morgan fingerprint density at radius 2 is 1.96 bits per heavy atom. The lowest BCUT2D eigenvalue weighted by molar-refractivity contribution is 0.00892. The van der Waals surface area contributed by atoms with Crippen LogP contribution in [0.4, 0.5) is 20.2 Å². The monoisotopic (exact) mass is 462 g/mol. The van der Waals surface area contributed by atoms with Gasteiger partial charge in [-0.25, -0.2) is 14.3 Å². The van der Waals surface area contributed by atoms with Gasteiger partial charge in [-0.05, 0) is 65.4 Å². The first kappa shape index (κ1) is 19.5. The predicted octanol–water partition coefficient (Wildman–Crippen LogP) is 3.93. The predicted molar refractivity (Wildman–Crippen MR) is 98.8 cm³/mol. The maximum absolute atomic E-state index is 14.3. The van der Waals surface area contributed by atoms with Crippen LogP contribution >= 0.6 is 22.6 Å². The summed E-state index contributed by atoms with van der Waals surface area (Å²) in [6.07, 6.45) is 0.